The fourth-order valence-corrected chi connectivity index (χ4v) is 2.54. The predicted molar refractivity (Wildman–Crippen MR) is 87.4 cm³/mol. The number of furan rings is 1. The Kier molecular flexibility index (Phi) is 4.73. The molecule has 1 aliphatic heterocycles. The van der Waals surface area contributed by atoms with Crippen LogP contribution in [-0.2, 0) is 4.79 Å². The van der Waals surface area contributed by atoms with E-state index in [-0.39, 0.29) is 23.6 Å². The van der Waals surface area contributed by atoms with Crippen molar-refractivity contribution in [3.8, 4) is 0 Å². The fraction of sp³-hybridized carbons (Fsp3) is 0.294. The molecule has 2 heterocycles. The number of amides is 2. The molecule has 0 spiro atoms. The second-order valence-electron chi connectivity index (χ2n) is 5.50. The average Bonchev–Trinajstić information content (AvgIpc) is 3.12. The van der Waals surface area contributed by atoms with Crippen molar-refractivity contribution < 1.29 is 14.0 Å². The van der Waals surface area contributed by atoms with E-state index in [9.17, 15) is 9.59 Å². The molecule has 1 saturated heterocycles. The summed E-state index contributed by atoms with van der Waals surface area (Å²) in [6.45, 7) is 0.885. The molecule has 120 valence electrons. The summed E-state index contributed by atoms with van der Waals surface area (Å²) >= 11 is 0. The molecule has 1 aliphatic rings. The minimum atomic E-state index is -0.307. The van der Waals surface area contributed by atoms with Crippen LogP contribution in [0, 0.1) is 0 Å². The van der Waals surface area contributed by atoms with Crippen LogP contribution in [0.3, 0.4) is 0 Å². The largest absolute Gasteiger partial charge is 0.459 e. The van der Waals surface area contributed by atoms with Crippen molar-refractivity contribution in [3.05, 3.63) is 48.4 Å². The van der Waals surface area contributed by atoms with Gasteiger partial charge in [-0.1, -0.05) is 6.42 Å². The summed E-state index contributed by atoms with van der Waals surface area (Å²) in [6, 6.07) is 10.1. The number of carbonyl (C=O) groups is 2. The summed E-state index contributed by atoms with van der Waals surface area (Å²) in [5.74, 6) is -0.0685. The lowest BCUT2D eigenvalue weighted by Gasteiger charge is -2.22. The van der Waals surface area contributed by atoms with Crippen molar-refractivity contribution in [3.63, 3.8) is 0 Å². The van der Waals surface area contributed by atoms with Crippen molar-refractivity contribution in [1.82, 2.24) is 5.32 Å². The number of piperidine rings is 1. The zero-order valence-corrected chi connectivity index (χ0v) is 12.7. The highest BCUT2D eigenvalue weighted by atomic mass is 16.3. The van der Waals surface area contributed by atoms with Crippen LogP contribution in [0.25, 0.3) is 0 Å². The third kappa shape index (κ3) is 3.98. The Morgan fingerprint density at radius 1 is 1.04 bits per heavy atom. The third-order valence-corrected chi connectivity index (χ3v) is 3.78. The number of benzene rings is 1. The van der Waals surface area contributed by atoms with Crippen molar-refractivity contribution in [2.75, 3.05) is 17.2 Å². The minimum Gasteiger partial charge on any atom is -0.459 e. The first-order valence-corrected chi connectivity index (χ1v) is 7.71. The van der Waals surface area contributed by atoms with Gasteiger partial charge in [-0.3, -0.25) is 9.59 Å². The smallest absolute Gasteiger partial charge is 0.291 e. The maximum atomic E-state index is 12.1. The maximum absolute atomic E-state index is 12.1. The second kappa shape index (κ2) is 7.11. The van der Waals surface area contributed by atoms with Crippen LogP contribution in [0.4, 0.5) is 11.4 Å². The molecule has 2 aromatic rings. The van der Waals surface area contributed by atoms with Gasteiger partial charge in [-0.25, -0.2) is 0 Å². The van der Waals surface area contributed by atoms with Gasteiger partial charge in [0.25, 0.3) is 5.91 Å². The van der Waals surface area contributed by atoms with Gasteiger partial charge in [-0.15, -0.1) is 0 Å². The topological polar surface area (TPSA) is 83.4 Å². The Balaban J connectivity index is 1.56. The fourth-order valence-electron chi connectivity index (χ4n) is 2.54. The van der Waals surface area contributed by atoms with Gasteiger partial charge < -0.3 is 20.4 Å². The first kappa shape index (κ1) is 15.3. The summed E-state index contributed by atoms with van der Waals surface area (Å²) in [7, 11) is 0. The predicted octanol–water partition coefficient (Wildman–Crippen LogP) is 2.61. The quantitative estimate of drug-likeness (QED) is 0.810. The summed E-state index contributed by atoms with van der Waals surface area (Å²) in [5, 5.41) is 8.83. The molecule has 6 nitrogen and oxygen atoms in total. The van der Waals surface area contributed by atoms with Crippen LogP contribution >= 0.6 is 0 Å². The molecule has 1 aromatic heterocycles. The Morgan fingerprint density at radius 2 is 1.78 bits per heavy atom. The van der Waals surface area contributed by atoms with Gasteiger partial charge in [0, 0.05) is 11.4 Å². The van der Waals surface area contributed by atoms with Crippen molar-refractivity contribution >= 4 is 23.2 Å². The summed E-state index contributed by atoms with van der Waals surface area (Å²) < 4.78 is 5.04. The molecule has 3 rings (SSSR count). The van der Waals surface area contributed by atoms with Gasteiger partial charge >= 0.3 is 0 Å². The highest BCUT2D eigenvalue weighted by Crippen LogP contribution is 2.16. The van der Waals surface area contributed by atoms with Gasteiger partial charge in [-0.2, -0.15) is 0 Å². The van der Waals surface area contributed by atoms with Gasteiger partial charge in [0.15, 0.2) is 5.76 Å². The molecule has 0 aliphatic carbocycles. The van der Waals surface area contributed by atoms with E-state index in [0.29, 0.717) is 11.4 Å². The SMILES string of the molecule is O=C(Nc1ccc(NC(=O)[C@H]2CCCCN2)cc1)c1ccco1. The van der Waals surface area contributed by atoms with Crippen LogP contribution in [0.1, 0.15) is 29.8 Å². The molecule has 1 fully saturated rings. The van der Waals surface area contributed by atoms with E-state index in [1.165, 1.54) is 6.26 Å². The van der Waals surface area contributed by atoms with E-state index in [0.717, 1.165) is 25.8 Å². The molecular weight excluding hydrogens is 294 g/mol. The minimum absolute atomic E-state index is 0.0166. The highest BCUT2D eigenvalue weighted by Gasteiger charge is 2.20. The molecule has 2 amide bonds. The lowest BCUT2D eigenvalue weighted by atomic mass is 10.0. The normalized spacial score (nSPS) is 17.5. The zero-order valence-electron chi connectivity index (χ0n) is 12.7. The molecule has 1 aromatic carbocycles. The maximum Gasteiger partial charge on any atom is 0.291 e. The molecule has 1 atom stereocenters. The lowest BCUT2D eigenvalue weighted by molar-refractivity contribution is -0.118. The number of hydrogen-bond donors (Lipinski definition) is 3. The number of hydrogen-bond acceptors (Lipinski definition) is 4. The van der Waals surface area contributed by atoms with Gasteiger partial charge in [-0.05, 0) is 55.8 Å². The lowest BCUT2D eigenvalue weighted by Crippen LogP contribution is -2.43. The molecule has 0 radical (unpaired) electrons. The molecule has 6 heteroatoms. The highest BCUT2D eigenvalue weighted by molar-refractivity contribution is 6.02. The molecular formula is C17H19N3O3. The van der Waals surface area contributed by atoms with Crippen LogP contribution in [-0.4, -0.2) is 24.4 Å². The Labute approximate surface area is 134 Å². The van der Waals surface area contributed by atoms with E-state index >= 15 is 0 Å². The summed E-state index contributed by atoms with van der Waals surface area (Å²) in [4.78, 5) is 24.0. The first-order valence-electron chi connectivity index (χ1n) is 7.71. The van der Waals surface area contributed by atoms with Gasteiger partial charge in [0.05, 0.1) is 12.3 Å². The molecule has 23 heavy (non-hydrogen) atoms. The van der Waals surface area contributed by atoms with Gasteiger partial charge in [0.1, 0.15) is 0 Å². The van der Waals surface area contributed by atoms with E-state index in [4.69, 9.17) is 4.42 Å². The van der Waals surface area contributed by atoms with Crippen LogP contribution < -0.4 is 16.0 Å². The van der Waals surface area contributed by atoms with E-state index in [2.05, 4.69) is 16.0 Å². The number of rotatable bonds is 4. The van der Waals surface area contributed by atoms with E-state index in [1.54, 1.807) is 36.4 Å². The Hall–Kier alpha value is -2.60. The summed E-state index contributed by atoms with van der Waals surface area (Å²) in [6.07, 6.45) is 4.51. The summed E-state index contributed by atoms with van der Waals surface area (Å²) in [5.41, 5.74) is 1.35. The van der Waals surface area contributed by atoms with Crippen molar-refractivity contribution in [2.24, 2.45) is 0 Å². The van der Waals surface area contributed by atoms with Crippen LogP contribution in [0.2, 0.25) is 0 Å². The Bertz CT molecular complexity index is 659. The average molecular weight is 313 g/mol. The van der Waals surface area contributed by atoms with Gasteiger partial charge in [0.2, 0.25) is 5.91 Å². The monoisotopic (exact) mass is 313 g/mol. The molecule has 0 unspecified atom stereocenters. The van der Waals surface area contributed by atoms with Crippen LogP contribution in [0.5, 0.6) is 0 Å². The van der Waals surface area contributed by atoms with E-state index < -0.39 is 0 Å². The van der Waals surface area contributed by atoms with E-state index in [1.807, 2.05) is 0 Å². The number of anilines is 2. The van der Waals surface area contributed by atoms with Crippen molar-refractivity contribution in [1.29, 1.82) is 0 Å². The second-order valence-corrected chi connectivity index (χ2v) is 5.50. The first-order chi connectivity index (χ1) is 11.2. The third-order valence-electron chi connectivity index (χ3n) is 3.78. The molecule has 0 saturated carbocycles. The standard InChI is InChI=1S/C17H19N3O3/c21-16(14-4-1-2-10-18-14)19-12-6-8-13(9-7-12)20-17(22)15-5-3-11-23-15/h3,5-9,11,14,18H,1-2,4,10H2,(H,19,21)(H,20,22)/t14-/m1/s1. The number of carbonyl (C=O) groups excluding carboxylic acids is 2. The van der Waals surface area contributed by atoms with Crippen molar-refractivity contribution in [2.45, 2.75) is 25.3 Å². The molecule has 3 N–H and O–H groups in total. The number of nitrogens with one attached hydrogen (secondary N) is 3. The van der Waals surface area contributed by atoms with Crippen LogP contribution in [0.15, 0.2) is 47.1 Å². The Morgan fingerprint density at radius 3 is 2.39 bits per heavy atom. The molecule has 0 bridgehead atoms. The zero-order chi connectivity index (χ0) is 16.1.